The summed E-state index contributed by atoms with van der Waals surface area (Å²) in [5.41, 5.74) is -0.252. The molecule has 2 amide bonds. The molecule has 0 spiro atoms. The highest BCUT2D eigenvalue weighted by Crippen LogP contribution is 2.44. The standard InChI is InChI=1S/C25H21ClF3N5O6S/c1-30-24(35)34(23-7-5-15(13-31-23)41(36,37)33-22-8-9-40-32-22)19-12-18(26)16(11-21(19)39-3)14-4-6-17(25(27,28)29)20(10-14)38-2/h4-13H,1-3H3,(H,30,35)(H,32,33). The number of halogens is 4. The Morgan fingerprint density at radius 3 is 2.34 bits per heavy atom. The van der Waals surface area contributed by atoms with Crippen molar-refractivity contribution in [2.75, 3.05) is 30.9 Å². The van der Waals surface area contributed by atoms with Gasteiger partial charge >= 0.3 is 12.2 Å². The predicted octanol–water partition coefficient (Wildman–Crippen LogP) is 5.70. The van der Waals surface area contributed by atoms with Crippen molar-refractivity contribution in [1.82, 2.24) is 15.5 Å². The van der Waals surface area contributed by atoms with Crippen LogP contribution in [0.1, 0.15) is 5.56 Å². The molecule has 0 fully saturated rings. The van der Waals surface area contributed by atoms with Gasteiger partial charge in [-0.1, -0.05) is 22.8 Å². The number of pyridine rings is 1. The lowest BCUT2D eigenvalue weighted by Gasteiger charge is -2.24. The molecule has 0 radical (unpaired) electrons. The van der Waals surface area contributed by atoms with Crippen LogP contribution in [0.2, 0.25) is 5.02 Å². The molecule has 4 aromatic rings. The molecule has 0 unspecified atom stereocenters. The second-order valence-corrected chi connectivity index (χ2v) is 10.2. The van der Waals surface area contributed by atoms with Crippen LogP contribution in [0.15, 0.2) is 70.4 Å². The summed E-state index contributed by atoms with van der Waals surface area (Å²) in [4.78, 5) is 18.0. The summed E-state index contributed by atoms with van der Waals surface area (Å²) in [6.07, 6.45) is -2.40. The molecule has 0 aliphatic heterocycles. The van der Waals surface area contributed by atoms with E-state index in [1.165, 1.54) is 62.9 Å². The van der Waals surface area contributed by atoms with Crippen molar-refractivity contribution in [3.8, 4) is 22.6 Å². The maximum atomic E-state index is 13.3. The third-order valence-electron chi connectivity index (χ3n) is 5.68. The second kappa shape index (κ2) is 11.5. The molecule has 2 aromatic carbocycles. The van der Waals surface area contributed by atoms with Crippen LogP contribution in [0.4, 0.5) is 35.3 Å². The predicted molar refractivity (Wildman–Crippen MR) is 143 cm³/mol. The number of urea groups is 1. The number of methoxy groups -OCH3 is 2. The van der Waals surface area contributed by atoms with Gasteiger partial charge in [0.2, 0.25) is 0 Å². The SMILES string of the molecule is CNC(=O)N(c1ccc(S(=O)(=O)Nc2ccon2)cn1)c1cc(Cl)c(-c2ccc(C(F)(F)F)c(OC)c2)cc1OC. The van der Waals surface area contributed by atoms with Crippen LogP contribution in [0.25, 0.3) is 11.1 Å². The largest absolute Gasteiger partial charge is 0.496 e. The number of benzene rings is 2. The van der Waals surface area contributed by atoms with E-state index < -0.39 is 33.5 Å². The van der Waals surface area contributed by atoms with Crippen molar-refractivity contribution >= 4 is 45.0 Å². The number of hydrogen-bond acceptors (Lipinski definition) is 8. The fraction of sp³-hybridized carbons (Fsp3) is 0.160. The molecule has 16 heteroatoms. The summed E-state index contributed by atoms with van der Waals surface area (Å²) in [6, 6.07) is 9.25. The third-order valence-corrected chi connectivity index (χ3v) is 7.33. The minimum absolute atomic E-state index is 0.00283. The van der Waals surface area contributed by atoms with E-state index >= 15 is 0 Å². The van der Waals surface area contributed by atoms with E-state index in [0.29, 0.717) is 11.1 Å². The van der Waals surface area contributed by atoms with E-state index in [0.717, 1.165) is 24.3 Å². The third kappa shape index (κ3) is 6.15. The minimum atomic E-state index is -4.63. The van der Waals surface area contributed by atoms with E-state index in [9.17, 15) is 26.4 Å². The van der Waals surface area contributed by atoms with Gasteiger partial charge in [0, 0.05) is 24.9 Å². The summed E-state index contributed by atoms with van der Waals surface area (Å²) in [6.45, 7) is 0. The quantitative estimate of drug-likeness (QED) is 0.259. The van der Waals surface area contributed by atoms with Crippen LogP contribution in [-0.4, -0.2) is 45.9 Å². The van der Waals surface area contributed by atoms with Gasteiger partial charge in [0.25, 0.3) is 10.0 Å². The molecule has 0 saturated carbocycles. The molecule has 2 aromatic heterocycles. The van der Waals surface area contributed by atoms with E-state index in [2.05, 4.69) is 24.7 Å². The zero-order valence-corrected chi connectivity index (χ0v) is 23.1. The zero-order valence-electron chi connectivity index (χ0n) is 21.5. The molecule has 216 valence electrons. The van der Waals surface area contributed by atoms with Gasteiger partial charge in [-0.15, -0.1) is 0 Å². The van der Waals surface area contributed by atoms with Crippen molar-refractivity contribution in [3.63, 3.8) is 0 Å². The number of sulfonamides is 1. The van der Waals surface area contributed by atoms with E-state index in [1.807, 2.05) is 0 Å². The number of nitrogens with one attached hydrogen (secondary N) is 2. The molecule has 0 bridgehead atoms. The summed E-state index contributed by atoms with van der Waals surface area (Å²) in [7, 11) is -0.259. The topological polar surface area (TPSA) is 136 Å². The molecule has 4 rings (SSSR count). The van der Waals surface area contributed by atoms with Gasteiger partial charge in [-0.05, 0) is 42.0 Å². The number of carbonyl (C=O) groups is 1. The lowest BCUT2D eigenvalue weighted by Crippen LogP contribution is -2.35. The Balaban J connectivity index is 1.75. The molecule has 0 atom stereocenters. The molecular formula is C25H21ClF3N5O6S. The lowest BCUT2D eigenvalue weighted by atomic mass is 10.0. The lowest BCUT2D eigenvalue weighted by molar-refractivity contribution is -0.138. The highest BCUT2D eigenvalue weighted by molar-refractivity contribution is 7.92. The van der Waals surface area contributed by atoms with Crippen molar-refractivity contribution in [2.24, 2.45) is 0 Å². The Hall–Kier alpha value is -4.50. The fourth-order valence-corrected chi connectivity index (χ4v) is 4.97. The molecule has 2 heterocycles. The Labute approximate surface area is 236 Å². The Bertz CT molecular complexity index is 1670. The first-order chi connectivity index (χ1) is 19.4. The molecule has 0 aliphatic carbocycles. The van der Waals surface area contributed by atoms with Crippen LogP contribution >= 0.6 is 11.6 Å². The average molecular weight is 612 g/mol. The summed E-state index contributed by atoms with van der Waals surface area (Å²) >= 11 is 6.55. The first-order valence-electron chi connectivity index (χ1n) is 11.4. The van der Waals surface area contributed by atoms with Gasteiger partial charge in [0.1, 0.15) is 28.5 Å². The number of anilines is 3. The summed E-state index contributed by atoms with van der Waals surface area (Å²) in [5, 5.41) is 6.02. The number of rotatable bonds is 8. The van der Waals surface area contributed by atoms with Crippen molar-refractivity contribution in [3.05, 3.63) is 71.6 Å². The number of hydrogen-bond donors (Lipinski definition) is 2. The van der Waals surface area contributed by atoms with Crippen molar-refractivity contribution < 1.29 is 40.4 Å². The maximum Gasteiger partial charge on any atom is 0.419 e. The van der Waals surface area contributed by atoms with Crippen LogP contribution in [0.5, 0.6) is 11.5 Å². The molecule has 2 N–H and O–H groups in total. The van der Waals surface area contributed by atoms with Crippen LogP contribution < -0.4 is 24.4 Å². The number of aromatic nitrogens is 2. The van der Waals surface area contributed by atoms with Gasteiger partial charge < -0.3 is 19.3 Å². The zero-order chi connectivity index (χ0) is 29.9. The molecule has 11 nitrogen and oxygen atoms in total. The number of alkyl halides is 3. The minimum Gasteiger partial charge on any atom is -0.496 e. The molecule has 41 heavy (non-hydrogen) atoms. The Morgan fingerprint density at radius 2 is 1.78 bits per heavy atom. The smallest absolute Gasteiger partial charge is 0.419 e. The Kier molecular flexibility index (Phi) is 8.30. The highest BCUT2D eigenvalue weighted by Gasteiger charge is 2.34. The van der Waals surface area contributed by atoms with Crippen LogP contribution in [-0.2, 0) is 16.2 Å². The summed E-state index contributed by atoms with van der Waals surface area (Å²) < 4.78 is 82.6. The Morgan fingerprint density at radius 1 is 1.05 bits per heavy atom. The number of amides is 2. The van der Waals surface area contributed by atoms with Gasteiger partial charge in [0.15, 0.2) is 5.82 Å². The van der Waals surface area contributed by atoms with Gasteiger partial charge in [0.05, 0.1) is 30.5 Å². The molecule has 0 aliphatic rings. The van der Waals surface area contributed by atoms with Gasteiger partial charge in [-0.25, -0.2) is 23.1 Å². The first kappa shape index (κ1) is 29.5. The van der Waals surface area contributed by atoms with Gasteiger partial charge in [-0.2, -0.15) is 13.2 Å². The fourth-order valence-electron chi connectivity index (χ4n) is 3.77. The second-order valence-electron chi connectivity index (χ2n) is 8.15. The normalized spacial score (nSPS) is 11.6. The number of ether oxygens (including phenoxy) is 2. The molecular weight excluding hydrogens is 591 g/mol. The van der Waals surface area contributed by atoms with E-state index in [1.54, 1.807) is 0 Å². The van der Waals surface area contributed by atoms with Crippen molar-refractivity contribution in [2.45, 2.75) is 11.1 Å². The maximum absolute atomic E-state index is 13.3. The number of carbonyl (C=O) groups excluding carboxylic acids is 1. The van der Waals surface area contributed by atoms with Crippen LogP contribution in [0.3, 0.4) is 0 Å². The number of nitrogens with zero attached hydrogens (tertiary/aromatic N) is 3. The highest BCUT2D eigenvalue weighted by atomic mass is 35.5. The van der Waals surface area contributed by atoms with E-state index in [4.69, 9.17) is 21.1 Å². The first-order valence-corrected chi connectivity index (χ1v) is 13.3. The molecule has 0 saturated heterocycles. The summed E-state index contributed by atoms with van der Waals surface area (Å²) in [5.74, 6) is -0.328. The van der Waals surface area contributed by atoms with Crippen molar-refractivity contribution in [1.29, 1.82) is 0 Å². The monoisotopic (exact) mass is 611 g/mol. The van der Waals surface area contributed by atoms with E-state index in [-0.39, 0.29) is 33.0 Å². The average Bonchev–Trinajstić information content (AvgIpc) is 3.45. The van der Waals surface area contributed by atoms with Crippen LogP contribution in [0, 0.1) is 0 Å². The van der Waals surface area contributed by atoms with Gasteiger partial charge in [-0.3, -0.25) is 4.72 Å².